The van der Waals surface area contributed by atoms with Crippen LogP contribution >= 0.6 is 11.6 Å². The molecule has 1 aromatic carbocycles. The lowest BCUT2D eigenvalue weighted by Gasteiger charge is -2.17. The van der Waals surface area contributed by atoms with Crippen molar-refractivity contribution in [2.24, 2.45) is 0 Å². The zero-order chi connectivity index (χ0) is 19.6. The van der Waals surface area contributed by atoms with Gasteiger partial charge in [-0.1, -0.05) is 11.6 Å². The van der Waals surface area contributed by atoms with Crippen LogP contribution in [0.2, 0.25) is 5.02 Å². The molecule has 0 amide bonds. The largest absolute Gasteiger partial charge is 0.495 e. The van der Waals surface area contributed by atoms with E-state index >= 15 is 0 Å². The van der Waals surface area contributed by atoms with Crippen LogP contribution in [0, 0.1) is 6.92 Å². The fraction of sp³-hybridized carbons (Fsp3) is 0.211. The highest BCUT2D eigenvalue weighted by Crippen LogP contribution is 2.39. The first-order chi connectivity index (χ1) is 13.0. The van der Waals surface area contributed by atoms with Crippen LogP contribution in [0.4, 0.5) is 11.4 Å². The number of aromatic nitrogens is 2. The van der Waals surface area contributed by atoms with Crippen molar-refractivity contribution in [2.45, 2.75) is 6.92 Å². The monoisotopic (exact) mass is 387 g/mol. The minimum Gasteiger partial charge on any atom is -0.495 e. The Hall–Kier alpha value is -3.06. The Morgan fingerprint density at radius 2 is 1.85 bits per heavy atom. The number of fused-ring (bicyclic) bond motifs is 1. The van der Waals surface area contributed by atoms with Crippen LogP contribution in [0.1, 0.15) is 16.1 Å². The second kappa shape index (κ2) is 7.67. The highest BCUT2D eigenvalue weighted by atomic mass is 35.5. The van der Waals surface area contributed by atoms with Crippen LogP contribution in [0.5, 0.6) is 11.5 Å². The minimum atomic E-state index is -0.521. The van der Waals surface area contributed by atoms with Crippen molar-refractivity contribution in [3.8, 4) is 11.5 Å². The molecule has 1 N–H and O–H groups in total. The van der Waals surface area contributed by atoms with Crippen molar-refractivity contribution in [1.82, 2.24) is 9.97 Å². The number of rotatable bonds is 5. The average Bonchev–Trinajstić information content (AvgIpc) is 2.68. The molecule has 140 valence electrons. The lowest BCUT2D eigenvalue weighted by Crippen LogP contribution is -2.08. The molecule has 0 aliphatic rings. The molecule has 0 spiro atoms. The standard InChI is InChI=1S/C19H18ClN3O4/c1-10-5-6-11-17(12(19(24)27-4)9-21-18(11)22-10)23-14-8-15(25-2)13(20)7-16(14)26-3/h5-9H,1-4H3,(H,21,22,23). The lowest BCUT2D eigenvalue weighted by atomic mass is 10.1. The van der Waals surface area contributed by atoms with Gasteiger partial charge in [0.2, 0.25) is 0 Å². The van der Waals surface area contributed by atoms with E-state index < -0.39 is 5.97 Å². The number of benzene rings is 1. The number of methoxy groups -OCH3 is 3. The predicted molar refractivity (Wildman–Crippen MR) is 103 cm³/mol. The van der Waals surface area contributed by atoms with Gasteiger partial charge in [0, 0.05) is 29.4 Å². The molecule has 2 heterocycles. The lowest BCUT2D eigenvalue weighted by molar-refractivity contribution is 0.0601. The van der Waals surface area contributed by atoms with Crippen molar-refractivity contribution in [2.75, 3.05) is 26.6 Å². The van der Waals surface area contributed by atoms with Gasteiger partial charge in [0.05, 0.1) is 37.7 Å². The summed E-state index contributed by atoms with van der Waals surface area (Å²) in [7, 11) is 4.36. The fourth-order valence-corrected chi connectivity index (χ4v) is 2.89. The second-order valence-corrected chi connectivity index (χ2v) is 6.08. The van der Waals surface area contributed by atoms with E-state index in [1.54, 1.807) is 12.1 Å². The molecule has 3 rings (SSSR count). The molecule has 0 fully saturated rings. The van der Waals surface area contributed by atoms with Gasteiger partial charge in [-0.15, -0.1) is 0 Å². The van der Waals surface area contributed by atoms with E-state index in [-0.39, 0.29) is 5.56 Å². The van der Waals surface area contributed by atoms with E-state index in [4.69, 9.17) is 25.8 Å². The van der Waals surface area contributed by atoms with Crippen molar-refractivity contribution in [3.63, 3.8) is 0 Å². The Bertz CT molecular complexity index is 1020. The zero-order valence-electron chi connectivity index (χ0n) is 15.3. The van der Waals surface area contributed by atoms with Gasteiger partial charge in [-0.05, 0) is 19.1 Å². The van der Waals surface area contributed by atoms with E-state index in [1.165, 1.54) is 27.5 Å². The number of carbonyl (C=O) groups excluding carboxylic acids is 1. The summed E-state index contributed by atoms with van der Waals surface area (Å²) in [5.74, 6) is 0.431. The molecule has 8 heteroatoms. The number of pyridine rings is 2. The molecule has 3 aromatic rings. The summed E-state index contributed by atoms with van der Waals surface area (Å²) >= 11 is 6.17. The predicted octanol–water partition coefficient (Wildman–Crippen LogP) is 4.14. The third-order valence-corrected chi connectivity index (χ3v) is 4.30. The van der Waals surface area contributed by atoms with Gasteiger partial charge < -0.3 is 19.5 Å². The molecule has 0 aliphatic carbocycles. The third-order valence-electron chi connectivity index (χ3n) is 4.01. The molecule has 0 atom stereocenters. The number of esters is 1. The van der Waals surface area contributed by atoms with E-state index in [2.05, 4.69) is 15.3 Å². The summed E-state index contributed by atoms with van der Waals surface area (Å²) in [5.41, 5.74) is 2.66. The Kier molecular flexibility index (Phi) is 5.32. The number of anilines is 2. The normalized spacial score (nSPS) is 10.6. The number of aryl methyl sites for hydroxylation is 1. The number of nitrogens with one attached hydrogen (secondary N) is 1. The number of ether oxygens (including phenoxy) is 3. The molecular formula is C19H18ClN3O4. The molecule has 0 saturated heterocycles. The van der Waals surface area contributed by atoms with Crippen molar-refractivity contribution < 1.29 is 19.0 Å². The van der Waals surface area contributed by atoms with Gasteiger partial charge in [0.25, 0.3) is 0 Å². The summed E-state index contributed by atoms with van der Waals surface area (Å²) < 4.78 is 15.6. The topological polar surface area (TPSA) is 82.6 Å². The first-order valence-electron chi connectivity index (χ1n) is 8.01. The van der Waals surface area contributed by atoms with Crippen molar-refractivity contribution in [1.29, 1.82) is 0 Å². The van der Waals surface area contributed by atoms with E-state index in [0.717, 1.165) is 5.69 Å². The van der Waals surface area contributed by atoms with Crippen LogP contribution in [0.3, 0.4) is 0 Å². The Balaban J connectivity index is 2.22. The van der Waals surface area contributed by atoms with Crippen LogP contribution in [0.15, 0.2) is 30.5 Å². The summed E-state index contributed by atoms with van der Waals surface area (Å²) in [4.78, 5) is 21.0. The summed E-state index contributed by atoms with van der Waals surface area (Å²) in [5, 5.41) is 4.30. The number of nitrogens with zero attached hydrogens (tertiary/aromatic N) is 2. The van der Waals surface area contributed by atoms with Crippen LogP contribution < -0.4 is 14.8 Å². The number of halogens is 1. The van der Waals surface area contributed by atoms with Gasteiger partial charge in [0.15, 0.2) is 5.65 Å². The molecule has 0 bridgehead atoms. The SMILES string of the molecule is COC(=O)c1cnc2nc(C)ccc2c1Nc1cc(OC)c(Cl)cc1OC. The van der Waals surface area contributed by atoms with Gasteiger partial charge in [-0.25, -0.2) is 14.8 Å². The van der Waals surface area contributed by atoms with E-state index in [0.29, 0.717) is 38.9 Å². The molecular weight excluding hydrogens is 370 g/mol. The van der Waals surface area contributed by atoms with E-state index in [1.807, 2.05) is 19.1 Å². The van der Waals surface area contributed by atoms with Gasteiger partial charge >= 0.3 is 5.97 Å². The molecule has 27 heavy (non-hydrogen) atoms. The van der Waals surface area contributed by atoms with Gasteiger partial charge in [0.1, 0.15) is 17.1 Å². The minimum absolute atomic E-state index is 0.270. The van der Waals surface area contributed by atoms with E-state index in [9.17, 15) is 4.79 Å². The average molecular weight is 388 g/mol. The maximum Gasteiger partial charge on any atom is 0.341 e. The summed E-state index contributed by atoms with van der Waals surface area (Å²) in [6.07, 6.45) is 1.43. The highest BCUT2D eigenvalue weighted by Gasteiger charge is 2.19. The van der Waals surface area contributed by atoms with Crippen LogP contribution in [-0.4, -0.2) is 37.3 Å². The van der Waals surface area contributed by atoms with Gasteiger partial charge in [-0.2, -0.15) is 0 Å². The highest BCUT2D eigenvalue weighted by molar-refractivity contribution is 6.32. The maximum atomic E-state index is 12.3. The van der Waals surface area contributed by atoms with Gasteiger partial charge in [-0.3, -0.25) is 0 Å². The van der Waals surface area contributed by atoms with Crippen LogP contribution in [-0.2, 0) is 4.74 Å². The molecule has 7 nitrogen and oxygen atoms in total. The smallest absolute Gasteiger partial charge is 0.341 e. The number of hydrogen-bond donors (Lipinski definition) is 1. The molecule has 0 radical (unpaired) electrons. The Labute approximate surface area is 161 Å². The Morgan fingerprint density at radius 3 is 2.52 bits per heavy atom. The first-order valence-corrected chi connectivity index (χ1v) is 8.39. The second-order valence-electron chi connectivity index (χ2n) is 5.67. The zero-order valence-corrected chi connectivity index (χ0v) is 16.0. The quantitative estimate of drug-likeness (QED) is 0.659. The molecule has 2 aromatic heterocycles. The first kappa shape index (κ1) is 18.7. The fourth-order valence-electron chi connectivity index (χ4n) is 2.66. The maximum absolute atomic E-state index is 12.3. The molecule has 0 saturated carbocycles. The molecule has 0 unspecified atom stereocenters. The number of hydrogen-bond acceptors (Lipinski definition) is 7. The summed E-state index contributed by atoms with van der Waals surface area (Å²) in [6.45, 7) is 1.87. The summed E-state index contributed by atoms with van der Waals surface area (Å²) in [6, 6.07) is 7.01. The van der Waals surface area contributed by atoms with Crippen LogP contribution in [0.25, 0.3) is 11.0 Å². The molecule has 0 aliphatic heterocycles. The van der Waals surface area contributed by atoms with Crippen molar-refractivity contribution in [3.05, 3.63) is 46.7 Å². The van der Waals surface area contributed by atoms with Crippen molar-refractivity contribution >= 4 is 40.0 Å². The number of carbonyl (C=O) groups is 1. The third kappa shape index (κ3) is 3.59. The Morgan fingerprint density at radius 1 is 1.11 bits per heavy atom.